The number of carbonyl (C=O) groups is 6. The molecule has 11 nitrogen and oxygen atoms in total. The molecule has 11 heteroatoms. The second-order valence-electron chi connectivity index (χ2n) is 7.61. The molecule has 0 radical (unpaired) electrons. The molecule has 0 aromatic carbocycles. The molecular formula is C19H22N2O9. The number of ether oxygens (including phenoxy) is 1. The van der Waals surface area contributed by atoms with Crippen LogP contribution < -0.4 is 0 Å². The van der Waals surface area contributed by atoms with Crippen molar-refractivity contribution in [2.24, 2.45) is 5.41 Å². The minimum atomic E-state index is -1.20. The van der Waals surface area contributed by atoms with E-state index in [0.29, 0.717) is 23.0 Å². The predicted octanol–water partition coefficient (Wildman–Crippen LogP) is 1.32. The van der Waals surface area contributed by atoms with Crippen LogP contribution >= 0.6 is 0 Å². The molecule has 30 heavy (non-hydrogen) atoms. The lowest BCUT2D eigenvalue weighted by atomic mass is 9.79. The molecule has 0 N–H and O–H groups in total. The van der Waals surface area contributed by atoms with Gasteiger partial charge in [-0.2, -0.15) is 0 Å². The summed E-state index contributed by atoms with van der Waals surface area (Å²) < 4.78 is 5.16. The standard InChI is InChI=1S/C19H22N2O9/c1-19(17(26)29-20-13(22)5-6-14(20)23)10-3-2-4-12(9-11-19)28-18(27)30-21-15(24)7-8-16(21)25/h2,4,12H,3,5-11H2,1H3/b4-2-. The number of hydrogen-bond acceptors (Lipinski definition) is 9. The molecule has 2 saturated heterocycles. The number of hydroxylamine groups is 4. The van der Waals surface area contributed by atoms with Gasteiger partial charge in [0, 0.05) is 25.7 Å². The number of allylic oxidation sites excluding steroid dienone is 1. The quantitative estimate of drug-likeness (QED) is 0.373. The summed E-state index contributed by atoms with van der Waals surface area (Å²) in [5.74, 6) is -3.07. The molecule has 0 spiro atoms. The first-order valence-electron chi connectivity index (χ1n) is 9.69. The Morgan fingerprint density at radius 2 is 1.43 bits per heavy atom. The second kappa shape index (κ2) is 8.64. The minimum Gasteiger partial charge on any atom is -0.425 e. The van der Waals surface area contributed by atoms with Crippen molar-refractivity contribution in [3.63, 3.8) is 0 Å². The van der Waals surface area contributed by atoms with Crippen LogP contribution in [0.1, 0.15) is 58.3 Å². The van der Waals surface area contributed by atoms with Crippen molar-refractivity contribution in [3.8, 4) is 0 Å². The number of nitrogens with zero attached hydrogens (tertiary/aromatic N) is 2. The Balaban J connectivity index is 1.57. The van der Waals surface area contributed by atoms with Crippen molar-refractivity contribution < 1.29 is 43.2 Å². The summed E-state index contributed by atoms with van der Waals surface area (Å²) >= 11 is 0. The Morgan fingerprint density at radius 3 is 2.00 bits per heavy atom. The lowest BCUT2D eigenvalue weighted by molar-refractivity contribution is -0.205. The topological polar surface area (TPSA) is 137 Å². The van der Waals surface area contributed by atoms with E-state index >= 15 is 0 Å². The predicted molar refractivity (Wildman–Crippen MR) is 95.3 cm³/mol. The molecule has 2 atom stereocenters. The third-order valence-electron chi connectivity index (χ3n) is 5.29. The number of hydrogen-bond donors (Lipinski definition) is 0. The van der Waals surface area contributed by atoms with Crippen molar-refractivity contribution in [1.82, 2.24) is 10.1 Å². The zero-order valence-corrected chi connectivity index (χ0v) is 16.5. The van der Waals surface area contributed by atoms with Crippen molar-refractivity contribution in [1.29, 1.82) is 0 Å². The summed E-state index contributed by atoms with van der Waals surface area (Å²) in [7, 11) is 0. The molecule has 162 valence electrons. The average molecular weight is 422 g/mol. The van der Waals surface area contributed by atoms with Gasteiger partial charge in [0.25, 0.3) is 23.6 Å². The van der Waals surface area contributed by atoms with Crippen molar-refractivity contribution in [3.05, 3.63) is 12.2 Å². The SMILES string of the molecule is CC1(C(=O)ON2C(=O)CCC2=O)CC/C=C\C(OC(=O)ON2C(=O)CCC2=O)CC1. The fraction of sp³-hybridized carbons (Fsp3) is 0.579. The lowest BCUT2D eigenvalue weighted by Crippen LogP contribution is -2.40. The molecular weight excluding hydrogens is 400 g/mol. The van der Waals surface area contributed by atoms with Crippen LogP contribution in [0.3, 0.4) is 0 Å². The third-order valence-corrected chi connectivity index (χ3v) is 5.29. The van der Waals surface area contributed by atoms with Crippen LogP contribution in [0.2, 0.25) is 0 Å². The molecule has 0 saturated carbocycles. The van der Waals surface area contributed by atoms with E-state index in [2.05, 4.69) is 4.84 Å². The normalized spacial score (nSPS) is 28.2. The summed E-state index contributed by atoms with van der Waals surface area (Å²) in [6, 6.07) is 0. The van der Waals surface area contributed by atoms with Crippen molar-refractivity contribution in [2.75, 3.05) is 0 Å². The van der Waals surface area contributed by atoms with Crippen LogP contribution in [0.15, 0.2) is 12.2 Å². The van der Waals surface area contributed by atoms with Crippen molar-refractivity contribution in [2.45, 2.75) is 64.4 Å². The fourth-order valence-corrected chi connectivity index (χ4v) is 3.36. The highest BCUT2D eigenvalue weighted by molar-refractivity contribution is 6.02. The van der Waals surface area contributed by atoms with Crippen LogP contribution in [-0.4, -0.2) is 52.0 Å². The average Bonchev–Trinajstić information content (AvgIpc) is 3.17. The van der Waals surface area contributed by atoms with Gasteiger partial charge in [-0.25, -0.2) is 9.59 Å². The second-order valence-corrected chi connectivity index (χ2v) is 7.61. The minimum absolute atomic E-state index is 0.00557. The highest BCUT2D eigenvalue weighted by atomic mass is 16.8. The first-order chi connectivity index (χ1) is 14.2. The van der Waals surface area contributed by atoms with E-state index in [9.17, 15) is 28.8 Å². The molecule has 0 bridgehead atoms. The maximum atomic E-state index is 12.7. The summed E-state index contributed by atoms with van der Waals surface area (Å²) in [6.45, 7) is 1.65. The highest BCUT2D eigenvalue weighted by Gasteiger charge is 2.41. The van der Waals surface area contributed by atoms with Gasteiger partial charge >= 0.3 is 12.1 Å². The Labute approximate surface area is 171 Å². The molecule has 0 aromatic rings. The van der Waals surface area contributed by atoms with Crippen LogP contribution in [0.4, 0.5) is 4.79 Å². The number of amides is 4. The largest absolute Gasteiger partial charge is 0.534 e. The van der Waals surface area contributed by atoms with Crippen LogP contribution in [0.25, 0.3) is 0 Å². The summed E-state index contributed by atoms with van der Waals surface area (Å²) in [5.41, 5.74) is -1.01. The zero-order chi connectivity index (χ0) is 21.9. The molecule has 3 rings (SSSR count). The van der Waals surface area contributed by atoms with Crippen LogP contribution in [0, 0.1) is 5.41 Å². The van der Waals surface area contributed by atoms with E-state index in [-0.39, 0.29) is 38.5 Å². The van der Waals surface area contributed by atoms with Gasteiger partial charge in [0.1, 0.15) is 6.10 Å². The Bertz CT molecular complexity index is 789. The molecule has 3 aliphatic rings. The Morgan fingerprint density at radius 1 is 0.900 bits per heavy atom. The maximum absolute atomic E-state index is 12.7. The van der Waals surface area contributed by atoms with E-state index in [4.69, 9.17) is 9.57 Å². The first-order valence-corrected chi connectivity index (χ1v) is 9.69. The Kier molecular flexibility index (Phi) is 6.18. The molecule has 2 aliphatic heterocycles. The van der Waals surface area contributed by atoms with Gasteiger partial charge in [0.15, 0.2) is 0 Å². The zero-order valence-electron chi connectivity index (χ0n) is 16.5. The van der Waals surface area contributed by atoms with Gasteiger partial charge in [-0.1, -0.05) is 11.1 Å². The molecule has 2 heterocycles. The van der Waals surface area contributed by atoms with Crippen LogP contribution in [-0.2, 0) is 38.4 Å². The van der Waals surface area contributed by atoms with E-state index in [1.807, 2.05) is 0 Å². The van der Waals surface area contributed by atoms with Gasteiger partial charge in [0.05, 0.1) is 5.41 Å². The van der Waals surface area contributed by atoms with E-state index in [1.165, 1.54) is 0 Å². The molecule has 2 unspecified atom stereocenters. The van der Waals surface area contributed by atoms with E-state index < -0.39 is 47.3 Å². The molecule has 4 amide bonds. The number of carbonyl (C=O) groups excluding carboxylic acids is 6. The molecule has 0 aromatic heterocycles. The van der Waals surface area contributed by atoms with Gasteiger partial charge < -0.3 is 9.57 Å². The van der Waals surface area contributed by atoms with Gasteiger partial charge in [-0.15, -0.1) is 5.06 Å². The smallest absolute Gasteiger partial charge is 0.425 e. The van der Waals surface area contributed by atoms with E-state index in [0.717, 1.165) is 0 Å². The number of imide groups is 2. The van der Waals surface area contributed by atoms with Gasteiger partial charge in [-0.05, 0) is 38.7 Å². The van der Waals surface area contributed by atoms with Crippen molar-refractivity contribution >= 4 is 35.8 Å². The monoisotopic (exact) mass is 422 g/mol. The molecule has 2 fully saturated rings. The van der Waals surface area contributed by atoms with Crippen LogP contribution in [0.5, 0.6) is 0 Å². The van der Waals surface area contributed by atoms with Gasteiger partial charge in [0.2, 0.25) is 0 Å². The molecule has 1 aliphatic carbocycles. The highest BCUT2D eigenvalue weighted by Crippen LogP contribution is 2.35. The summed E-state index contributed by atoms with van der Waals surface area (Å²) in [5, 5.41) is 0.901. The lowest BCUT2D eigenvalue weighted by Gasteiger charge is -2.30. The van der Waals surface area contributed by atoms with E-state index in [1.54, 1.807) is 19.1 Å². The fourth-order valence-electron chi connectivity index (χ4n) is 3.36. The first kappa shape index (κ1) is 21.5. The van der Waals surface area contributed by atoms with Gasteiger partial charge in [-0.3, -0.25) is 24.0 Å². The Hall–Kier alpha value is -3.24. The summed E-state index contributed by atoms with van der Waals surface area (Å²) in [6.07, 6.45) is 2.69. The summed E-state index contributed by atoms with van der Waals surface area (Å²) in [4.78, 5) is 80.8. The maximum Gasteiger partial charge on any atom is 0.534 e. The number of rotatable bonds is 4. The third kappa shape index (κ3) is 4.66.